The predicted molar refractivity (Wildman–Crippen MR) is 108 cm³/mol. The second kappa shape index (κ2) is 7.67. The Bertz CT molecular complexity index is 1220. The number of aryl methyl sites for hydroxylation is 1. The number of hydrogen-bond acceptors (Lipinski definition) is 6. The summed E-state index contributed by atoms with van der Waals surface area (Å²) >= 11 is 0. The molecule has 0 aliphatic carbocycles. The van der Waals surface area contributed by atoms with E-state index in [1.807, 2.05) is 13.0 Å². The van der Waals surface area contributed by atoms with Gasteiger partial charge in [-0.3, -0.25) is 4.79 Å². The first-order valence-electron chi connectivity index (χ1n) is 9.10. The number of fused-ring (bicyclic) bond motifs is 1. The molecule has 6 nitrogen and oxygen atoms in total. The summed E-state index contributed by atoms with van der Waals surface area (Å²) in [5, 5.41) is 0.345. The van der Waals surface area contributed by atoms with E-state index in [1.165, 1.54) is 13.4 Å². The fraction of sp³-hybridized carbons (Fsp3) is 0.130. The molecule has 0 aliphatic heterocycles. The largest absolute Gasteiger partial charge is 0.497 e. The highest BCUT2D eigenvalue weighted by Crippen LogP contribution is 2.32. The van der Waals surface area contributed by atoms with Crippen LogP contribution in [0, 0.1) is 0 Å². The van der Waals surface area contributed by atoms with E-state index in [0.717, 1.165) is 12.0 Å². The number of carbonyl (C=O) groups is 1. The number of ether oxygens (including phenoxy) is 2. The highest BCUT2D eigenvalue weighted by Gasteiger charge is 2.23. The maximum atomic E-state index is 13.2. The first-order valence-corrected chi connectivity index (χ1v) is 9.10. The van der Waals surface area contributed by atoms with E-state index in [2.05, 4.69) is 0 Å². The zero-order valence-corrected chi connectivity index (χ0v) is 15.9. The van der Waals surface area contributed by atoms with Gasteiger partial charge in [-0.05, 0) is 60.5 Å². The summed E-state index contributed by atoms with van der Waals surface area (Å²) in [6, 6.07) is 15.1. The summed E-state index contributed by atoms with van der Waals surface area (Å²) in [5.41, 5.74) is 1.21. The molecule has 146 valence electrons. The molecule has 0 N–H and O–H groups in total. The van der Waals surface area contributed by atoms with Gasteiger partial charge in [0.2, 0.25) is 16.9 Å². The topological polar surface area (TPSA) is 78.9 Å². The summed E-state index contributed by atoms with van der Waals surface area (Å²) in [6.45, 7) is 1.99. The Morgan fingerprint density at radius 1 is 1.07 bits per heavy atom. The molecule has 0 amide bonds. The highest BCUT2D eigenvalue weighted by molar-refractivity contribution is 5.93. The Morgan fingerprint density at radius 2 is 1.86 bits per heavy atom. The van der Waals surface area contributed by atoms with Crippen LogP contribution >= 0.6 is 0 Å². The second-order valence-corrected chi connectivity index (χ2v) is 6.37. The summed E-state index contributed by atoms with van der Waals surface area (Å²) in [5.74, 6) is 0.0788. The van der Waals surface area contributed by atoms with Crippen molar-refractivity contribution in [1.82, 2.24) is 0 Å². The lowest BCUT2D eigenvalue weighted by Crippen LogP contribution is -2.16. The number of carbonyl (C=O) groups excluding carboxylic acids is 1. The van der Waals surface area contributed by atoms with Crippen molar-refractivity contribution in [3.05, 3.63) is 82.2 Å². The van der Waals surface area contributed by atoms with Gasteiger partial charge in [0.1, 0.15) is 11.3 Å². The second-order valence-electron chi connectivity index (χ2n) is 6.37. The van der Waals surface area contributed by atoms with Crippen LogP contribution in [-0.4, -0.2) is 13.1 Å². The quantitative estimate of drug-likeness (QED) is 0.454. The van der Waals surface area contributed by atoms with Gasteiger partial charge in [-0.25, -0.2) is 4.79 Å². The highest BCUT2D eigenvalue weighted by atomic mass is 16.5. The molecule has 0 aliphatic rings. The molecular weight excluding hydrogens is 372 g/mol. The van der Waals surface area contributed by atoms with Gasteiger partial charge in [-0.1, -0.05) is 13.0 Å². The number of benzene rings is 2. The van der Waals surface area contributed by atoms with Crippen molar-refractivity contribution in [2.24, 2.45) is 0 Å². The minimum Gasteiger partial charge on any atom is -0.497 e. The molecule has 2 aromatic carbocycles. The van der Waals surface area contributed by atoms with E-state index in [9.17, 15) is 9.59 Å². The summed E-state index contributed by atoms with van der Waals surface area (Å²) in [6.07, 6.45) is 2.21. The molecule has 2 aromatic heterocycles. The van der Waals surface area contributed by atoms with Gasteiger partial charge in [0, 0.05) is 0 Å². The normalized spacial score (nSPS) is 10.8. The van der Waals surface area contributed by atoms with Crippen LogP contribution in [-0.2, 0) is 6.42 Å². The average molecular weight is 390 g/mol. The van der Waals surface area contributed by atoms with Crippen LogP contribution in [0.4, 0.5) is 0 Å². The summed E-state index contributed by atoms with van der Waals surface area (Å²) < 4.78 is 21.9. The molecule has 6 heteroatoms. The van der Waals surface area contributed by atoms with Gasteiger partial charge in [-0.15, -0.1) is 0 Å². The lowest BCUT2D eigenvalue weighted by Gasteiger charge is -2.10. The van der Waals surface area contributed by atoms with Crippen LogP contribution < -0.4 is 14.9 Å². The Hall–Kier alpha value is -3.80. The summed E-state index contributed by atoms with van der Waals surface area (Å²) in [4.78, 5) is 25.9. The first-order chi connectivity index (χ1) is 14.1. The third kappa shape index (κ3) is 3.52. The zero-order valence-electron chi connectivity index (χ0n) is 15.9. The lowest BCUT2D eigenvalue weighted by molar-refractivity contribution is 0.0731. The van der Waals surface area contributed by atoms with E-state index in [1.54, 1.807) is 48.5 Å². The molecule has 0 atom stereocenters. The number of rotatable bonds is 5. The molecule has 4 rings (SSSR count). The van der Waals surface area contributed by atoms with Crippen molar-refractivity contribution in [1.29, 1.82) is 0 Å². The van der Waals surface area contributed by atoms with Gasteiger partial charge in [0.15, 0.2) is 5.76 Å². The van der Waals surface area contributed by atoms with Crippen LogP contribution in [0.25, 0.3) is 22.5 Å². The van der Waals surface area contributed by atoms with E-state index < -0.39 is 11.4 Å². The van der Waals surface area contributed by atoms with Gasteiger partial charge in [-0.2, -0.15) is 0 Å². The smallest absolute Gasteiger partial charge is 0.343 e. The van der Waals surface area contributed by atoms with Gasteiger partial charge < -0.3 is 18.3 Å². The van der Waals surface area contributed by atoms with Crippen molar-refractivity contribution in [2.45, 2.75) is 13.3 Å². The van der Waals surface area contributed by atoms with E-state index in [0.29, 0.717) is 22.5 Å². The predicted octanol–water partition coefficient (Wildman–Crippen LogP) is 4.84. The molecule has 0 bridgehead atoms. The monoisotopic (exact) mass is 390 g/mol. The van der Waals surface area contributed by atoms with Crippen molar-refractivity contribution in [2.75, 3.05) is 7.11 Å². The number of methoxy groups -OCH3 is 1. The molecule has 29 heavy (non-hydrogen) atoms. The van der Waals surface area contributed by atoms with Crippen LogP contribution in [0.2, 0.25) is 0 Å². The number of hydrogen-bond donors (Lipinski definition) is 0. The van der Waals surface area contributed by atoms with Gasteiger partial charge in [0.25, 0.3) is 0 Å². The van der Waals surface area contributed by atoms with E-state index >= 15 is 0 Å². The fourth-order valence-electron chi connectivity index (χ4n) is 2.99. The van der Waals surface area contributed by atoms with E-state index in [-0.39, 0.29) is 17.1 Å². The van der Waals surface area contributed by atoms with Crippen molar-refractivity contribution < 1.29 is 23.1 Å². The van der Waals surface area contributed by atoms with Crippen molar-refractivity contribution in [3.63, 3.8) is 0 Å². The average Bonchev–Trinajstić information content (AvgIpc) is 3.30. The standard InChI is InChI=1S/C23H18O6/c1-3-14-6-11-18-17(13-14)20(24)22(21(28-18)19-5-4-12-27-19)29-23(25)15-7-9-16(26-2)10-8-15/h4-13H,3H2,1-2H3. The molecule has 0 saturated heterocycles. The third-order valence-electron chi connectivity index (χ3n) is 4.59. The Labute approximate surface area is 166 Å². The Morgan fingerprint density at radius 3 is 2.52 bits per heavy atom. The molecule has 2 heterocycles. The van der Waals surface area contributed by atoms with Crippen LogP contribution in [0.3, 0.4) is 0 Å². The Balaban J connectivity index is 1.84. The van der Waals surface area contributed by atoms with Crippen molar-refractivity contribution >= 4 is 16.9 Å². The summed E-state index contributed by atoms with van der Waals surface area (Å²) in [7, 11) is 1.54. The molecule has 4 aromatic rings. The first kappa shape index (κ1) is 18.6. The molecule has 0 radical (unpaired) electrons. The molecule has 0 fully saturated rings. The van der Waals surface area contributed by atoms with Crippen LogP contribution in [0.5, 0.6) is 11.5 Å². The lowest BCUT2D eigenvalue weighted by atomic mass is 10.1. The van der Waals surface area contributed by atoms with Crippen LogP contribution in [0.15, 0.2) is 74.5 Å². The van der Waals surface area contributed by atoms with Crippen LogP contribution in [0.1, 0.15) is 22.8 Å². The minimum absolute atomic E-state index is 0.0682. The molecule has 0 unspecified atom stereocenters. The zero-order chi connectivity index (χ0) is 20.4. The number of esters is 1. The maximum Gasteiger partial charge on any atom is 0.343 e. The third-order valence-corrected chi connectivity index (χ3v) is 4.59. The van der Waals surface area contributed by atoms with Gasteiger partial charge >= 0.3 is 5.97 Å². The molecule has 0 spiro atoms. The van der Waals surface area contributed by atoms with E-state index in [4.69, 9.17) is 18.3 Å². The fourth-order valence-corrected chi connectivity index (χ4v) is 2.99. The maximum absolute atomic E-state index is 13.2. The minimum atomic E-state index is -0.682. The Kier molecular flexibility index (Phi) is 4.91. The molecule has 0 saturated carbocycles. The van der Waals surface area contributed by atoms with Gasteiger partial charge in [0.05, 0.1) is 24.3 Å². The SMILES string of the molecule is CCc1ccc2oc(-c3ccco3)c(OC(=O)c3ccc(OC)cc3)c(=O)c2c1. The molecular formula is C23H18O6. The number of furan rings is 1. The van der Waals surface area contributed by atoms with Crippen molar-refractivity contribution in [3.8, 4) is 23.0 Å².